The Morgan fingerprint density at radius 2 is 2.00 bits per heavy atom. The van der Waals surface area contributed by atoms with E-state index in [2.05, 4.69) is 22.2 Å². The van der Waals surface area contributed by atoms with Crippen molar-refractivity contribution < 1.29 is 0 Å². The highest BCUT2D eigenvalue weighted by atomic mass is 16.1. The van der Waals surface area contributed by atoms with Crippen molar-refractivity contribution in [3.05, 3.63) is 57.6 Å². The van der Waals surface area contributed by atoms with Crippen LogP contribution in [0.2, 0.25) is 0 Å². The Kier molecular flexibility index (Phi) is 3.25. The normalized spacial score (nSPS) is 11.0. The van der Waals surface area contributed by atoms with E-state index < -0.39 is 0 Å². The average molecular weight is 282 g/mol. The van der Waals surface area contributed by atoms with E-state index in [1.54, 1.807) is 4.68 Å². The molecule has 0 fully saturated rings. The lowest BCUT2D eigenvalue weighted by Gasteiger charge is -2.07. The fourth-order valence-corrected chi connectivity index (χ4v) is 2.59. The molecular weight excluding hydrogens is 264 g/mol. The third-order valence-electron chi connectivity index (χ3n) is 3.65. The summed E-state index contributed by atoms with van der Waals surface area (Å²) in [6.07, 6.45) is 0.873. The van der Waals surface area contributed by atoms with Crippen LogP contribution in [0.3, 0.4) is 0 Å². The average Bonchev–Trinajstić information content (AvgIpc) is 3.02. The lowest BCUT2D eigenvalue weighted by atomic mass is 10.1. The van der Waals surface area contributed by atoms with Crippen LogP contribution in [0.1, 0.15) is 23.9 Å². The maximum absolute atomic E-state index is 12.7. The minimum absolute atomic E-state index is 0.0695. The first kappa shape index (κ1) is 13.4. The van der Waals surface area contributed by atoms with Gasteiger partial charge in [0, 0.05) is 11.4 Å². The third kappa shape index (κ3) is 2.20. The molecule has 0 saturated heterocycles. The summed E-state index contributed by atoms with van der Waals surface area (Å²) in [5, 5.41) is 10.2. The first-order valence-electron chi connectivity index (χ1n) is 7.04. The summed E-state index contributed by atoms with van der Waals surface area (Å²) in [5.74, 6) is 0. The van der Waals surface area contributed by atoms with Crippen LogP contribution in [-0.4, -0.2) is 20.0 Å². The second-order valence-corrected chi connectivity index (χ2v) is 5.17. The molecule has 2 heterocycles. The summed E-state index contributed by atoms with van der Waals surface area (Å²) in [6, 6.07) is 9.80. The molecule has 1 aromatic carbocycles. The Hall–Kier alpha value is -2.56. The van der Waals surface area contributed by atoms with Gasteiger partial charge in [0.15, 0.2) is 0 Å². The number of para-hydroxylation sites is 1. The smallest absolute Gasteiger partial charge is 0.281 e. The number of H-pyrrole nitrogens is 2. The molecule has 2 aromatic heterocycles. The summed E-state index contributed by atoms with van der Waals surface area (Å²) in [7, 11) is 0. The largest absolute Gasteiger partial charge is 0.295 e. The van der Waals surface area contributed by atoms with E-state index in [1.165, 1.54) is 0 Å². The highest BCUT2D eigenvalue weighted by molar-refractivity contribution is 5.62. The molecule has 0 aliphatic carbocycles. The molecule has 5 nitrogen and oxygen atoms in total. The van der Waals surface area contributed by atoms with Crippen LogP contribution >= 0.6 is 0 Å². The molecule has 5 heteroatoms. The maximum Gasteiger partial charge on any atom is 0.281 e. The maximum atomic E-state index is 12.7. The lowest BCUT2D eigenvalue weighted by molar-refractivity contribution is 0.822. The van der Waals surface area contributed by atoms with Gasteiger partial charge >= 0.3 is 0 Å². The molecule has 3 rings (SSSR count). The fraction of sp³-hybridized carbons (Fsp3) is 0.250. The van der Waals surface area contributed by atoms with Crippen LogP contribution in [0.15, 0.2) is 35.1 Å². The van der Waals surface area contributed by atoms with Gasteiger partial charge in [-0.05, 0) is 38.0 Å². The SMILES string of the molecule is CCc1ccccc1-n1[nH]c(C)c(-c2cc(C)[nH]n2)c1=O. The van der Waals surface area contributed by atoms with Crippen molar-refractivity contribution in [2.24, 2.45) is 0 Å². The van der Waals surface area contributed by atoms with Crippen molar-refractivity contribution in [2.75, 3.05) is 0 Å². The lowest BCUT2D eigenvalue weighted by Crippen LogP contribution is -2.17. The number of hydrogen-bond acceptors (Lipinski definition) is 2. The van der Waals surface area contributed by atoms with E-state index in [0.29, 0.717) is 11.3 Å². The number of nitrogens with zero attached hydrogens (tertiary/aromatic N) is 2. The third-order valence-corrected chi connectivity index (χ3v) is 3.65. The molecule has 0 atom stereocenters. The number of benzene rings is 1. The molecule has 21 heavy (non-hydrogen) atoms. The minimum atomic E-state index is -0.0695. The molecule has 0 unspecified atom stereocenters. The Morgan fingerprint density at radius 1 is 1.24 bits per heavy atom. The van der Waals surface area contributed by atoms with Gasteiger partial charge < -0.3 is 0 Å². The van der Waals surface area contributed by atoms with Crippen LogP contribution in [0.25, 0.3) is 16.9 Å². The molecule has 0 saturated carbocycles. The Labute approximate surface area is 122 Å². The van der Waals surface area contributed by atoms with Gasteiger partial charge in [0.25, 0.3) is 5.56 Å². The van der Waals surface area contributed by atoms with Gasteiger partial charge in [0.1, 0.15) is 0 Å². The van der Waals surface area contributed by atoms with Gasteiger partial charge in [0.2, 0.25) is 0 Å². The molecule has 0 radical (unpaired) electrons. The zero-order chi connectivity index (χ0) is 15.0. The predicted octanol–water partition coefficient (Wildman–Crippen LogP) is 2.73. The zero-order valence-corrected chi connectivity index (χ0v) is 12.4. The Bertz CT molecular complexity index is 838. The summed E-state index contributed by atoms with van der Waals surface area (Å²) < 4.78 is 1.60. The number of rotatable bonds is 3. The van der Waals surface area contributed by atoms with Crippen LogP contribution < -0.4 is 5.56 Å². The monoisotopic (exact) mass is 282 g/mol. The molecular formula is C16H18N4O. The van der Waals surface area contributed by atoms with Crippen molar-refractivity contribution in [3.63, 3.8) is 0 Å². The second-order valence-electron chi connectivity index (χ2n) is 5.17. The molecule has 108 valence electrons. The minimum Gasteiger partial charge on any atom is -0.295 e. The summed E-state index contributed by atoms with van der Waals surface area (Å²) in [5.41, 5.74) is 5.00. The predicted molar refractivity (Wildman–Crippen MR) is 82.8 cm³/mol. The van der Waals surface area contributed by atoms with Gasteiger partial charge in [-0.1, -0.05) is 25.1 Å². The number of aromatic amines is 2. The standard InChI is InChI=1S/C16H18N4O/c1-4-12-7-5-6-8-14(12)20-16(21)15(11(3)19-20)13-9-10(2)17-18-13/h5-9,19H,4H2,1-3H3,(H,17,18). The van der Waals surface area contributed by atoms with Crippen molar-refractivity contribution in [1.82, 2.24) is 20.0 Å². The molecule has 0 bridgehead atoms. The van der Waals surface area contributed by atoms with Crippen LogP contribution in [-0.2, 0) is 6.42 Å². The van der Waals surface area contributed by atoms with Crippen molar-refractivity contribution in [1.29, 1.82) is 0 Å². The fourth-order valence-electron chi connectivity index (χ4n) is 2.59. The number of nitrogens with one attached hydrogen (secondary N) is 2. The van der Waals surface area contributed by atoms with Gasteiger partial charge in [-0.15, -0.1) is 0 Å². The topological polar surface area (TPSA) is 66.5 Å². The zero-order valence-electron chi connectivity index (χ0n) is 12.4. The second kappa shape index (κ2) is 5.09. The van der Waals surface area contributed by atoms with E-state index >= 15 is 0 Å². The molecule has 2 N–H and O–H groups in total. The molecule has 0 amide bonds. The Morgan fingerprint density at radius 3 is 2.67 bits per heavy atom. The van der Waals surface area contributed by atoms with Gasteiger partial charge in [-0.2, -0.15) is 5.10 Å². The van der Waals surface area contributed by atoms with Gasteiger partial charge in [0.05, 0.1) is 16.9 Å². The van der Waals surface area contributed by atoms with E-state index in [9.17, 15) is 4.79 Å². The molecule has 0 aliphatic heterocycles. The molecule has 3 aromatic rings. The van der Waals surface area contributed by atoms with E-state index in [-0.39, 0.29) is 5.56 Å². The van der Waals surface area contributed by atoms with Crippen molar-refractivity contribution in [3.8, 4) is 16.9 Å². The molecule has 0 spiro atoms. The highest BCUT2D eigenvalue weighted by Crippen LogP contribution is 2.20. The van der Waals surface area contributed by atoms with Crippen LogP contribution in [0.4, 0.5) is 0 Å². The van der Waals surface area contributed by atoms with Gasteiger partial charge in [-0.25, -0.2) is 4.68 Å². The molecule has 0 aliphatic rings. The first-order chi connectivity index (χ1) is 10.1. The van der Waals surface area contributed by atoms with E-state index in [4.69, 9.17) is 0 Å². The Balaban J connectivity index is 2.21. The quantitative estimate of drug-likeness (QED) is 0.775. The van der Waals surface area contributed by atoms with Crippen LogP contribution in [0.5, 0.6) is 0 Å². The van der Waals surface area contributed by atoms with E-state index in [0.717, 1.165) is 29.1 Å². The summed E-state index contributed by atoms with van der Waals surface area (Å²) >= 11 is 0. The highest BCUT2D eigenvalue weighted by Gasteiger charge is 2.17. The van der Waals surface area contributed by atoms with Crippen molar-refractivity contribution in [2.45, 2.75) is 27.2 Å². The number of aromatic nitrogens is 4. The number of aryl methyl sites for hydroxylation is 3. The number of hydrogen-bond donors (Lipinski definition) is 2. The van der Waals surface area contributed by atoms with Crippen LogP contribution in [0, 0.1) is 13.8 Å². The van der Waals surface area contributed by atoms with Crippen molar-refractivity contribution >= 4 is 0 Å². The first-order valence-corrected chi connectivity index (χ1v) is 7.04. The van der Waals surface area contributed by atoms with E-state index in [1.807, 2.05) is 44.2 Å². The van der Waals surface area contributed by atoms with Gasteiger partial charge in [-0.3, -0.25) is 15.0 Å². The summed E-state index contributed by atoms with van der Waals surface area (Å²) in [6.45, 7) is 5.90. The summed E-state index contributed by atoms with van der Waals surface area (Å²) in [4.78, 5) is 12.7.